The van der Waals surface area contributed by atoms with Crippen molar-refractivity contribution in [3.63, 3.8) is 0 Å². The first-order valence-electron chi connectivity index (χ1n) is 15.6. The van der Waals surface area contributed by atoms with Crippen LogP contribution in [0.5, 0.6) is 0 Å². The number of rotatable bonds is 8. The predicted octanol–water partition coefficient (Wildman–Crippen LogP) is 8.26. The summed E-state index contributed by atoms with van der Waals surface area (Å²) in [4.78, 5) is 11.9. The highest BCUT2D eigenvalue weighted by Gasteiger charge is 2.62. The molecule has 4 rings (SSSR count). The minimum absolute atomic E-state index is 0.0788. The van der Waals surface area contributed by atoms with E-state index in [9.17, 15) is 4.79 Å². The summed E-state index contributed by atoms with van der Waals surface area (Å²) in [6.07, 6.45) is 10.9. The van der Waals surface area contributed by atoms with Crippen molar-refractivity contribution in [3.05, 3.63) is 0 Å². The van der Waals surface area contributed by atoms with Crippen molar-refractivity contribution in [1.82, 2.24) is 0 Å². The van der Waals surface area contributed by atoms with Gasteiger partial charge in [-0.3, -0.25) is 4.79 Å². The Balaban J connectivity index is 1.62. The molecule has 0 aromatic heterocycles. The lowest BCUT2D eigenvalue weighted by molar-refractivity contribution is -0.141. The number of hydrogen-bond acceptors (Lipinski definition) is 6. The van der Waals surface area contributed by atoms with Gasteiger partial charge < -0.3 is 13.8 Å². The van der Waals surface area contributed by atoms with E-state index in [1.807, 2.05) is 0 Å². The molecule has 0 amide bonds. The normalized spacial score (nSPS) is 39.5. The number of fused-ring (bicyclic) bond motifs is 5. The predicted molar refractivity (Wildman–Crippen MR) is 165 cm³/mol. The highest BCUT2D eigenvalue weighted by atomic mass is 28.4. The third kappa shape index (κ3) is 6.52. The molecule has 39 heavy (non-hydrogen) atoms. The molecule has 4 aliphatic carbocycles. The summed E-state index contributed by atoms with van der Waals surface area (Å²) < 4.78 is 17.3. The maximum Gasteiger partial charge on any atom is 0.305 e. The van der Waals surface area contributed by atoms with Crippen LogP contribution in [0, 0.1) is 46.3 Å². The molecule has 8 heteroatoms. The van der Waals surface area contributed by atoms with Gasteiger partial charge in [0.05, 0.1) is 18.5 Å². The van der Waals surface area contributed by atoms with Crippen molar-refractivity contribution in [1.29, 1.82) is 0 Å². The molecular formula is C31H56N2O4Si2. The van der Waals surface area contributed by atoms with Gasteiger partial charge in [-0.25, -0.2) is 0 Å². The van der Waals surface area contributed by atoms with Crippen molar-refractivity contribution >= 4 is 34.0 Å². The fraction of sp³-hybridized carbons (Fsp3) is 0.903. The van der Waals surface area contributed by atoms with Gasteiger partial charge >= 0.3 is 5.97 Å². The molecule has 4 fully saturated rings. The first-order valence-corrected chi connectivity index (χ1v) is 22.4. The second-order valence-corrected chi connectivity index (χ2v) is 24.6. The van der Waals surface area contributed by atoms with E-state index in [0.717, 1.165) is 25.7 Å². The molecule has 0 N–H and O–H groups in total. The zero-order valence-electron chi connectivity index (χ0n) is 26.6. The molecule has 8 atom stereocenters. The number of methoxy groups -OCH3 is 1. The quantitative estimate of drug-likeness (QED) is 0.166. The molecule has 0 bridgehead atoms. The van der Waals surface area contributed by atoms with Crippen LogP contribution >= 0.6 is 0 Å². The maximum absolute atomic E-state index is 11.9. The molecule has 7 unspecified atom stereocenters. The Bertz CT molecular complexity index is 971. The standard InChI is InChI=1S/C31H56N2O4Si2/c1-21(11-14-28(34)35-4)24-12-13-25-29-26(16-18-31(24,25)3)30(2)17-15-23(32-36-38(5,6)7)19-22(30)20-27(29)33-37-39(8,9)10/h21-22,24-26,29H,11-20H2,1-10H3/t21?,22-,24?,25?,26?,29?,30?,31?/m0/s1. The first-order chi connectivity index (χ1) is 18.1. The number of nitrogens with zero attached hydrogens (tertiary/aromatic N) is 2. The summed E-state index contributed by atoms with van der Waals surface area (Å²) in [5.41, 5.74) is 3.21. The van der Waals surface area contributed by atoms with E-state index in [1.54, 1.807) is 0 Å². The Morgan fingerprint density at radius 3 is 2.21 bits per heavy atom. The van der Waals surface area contributed by atoms with Gasteiger partial charge in [-0.2, -0.15) is 0 Å². The molecule has 4 aliphatic rings. The van der Waals surface area contributed by atoms with Crippen LogP contribution in [0.25, 0.3) is 0 Å². The molecule has 6 nitrogen and oxygen atoms in total. The van der Waals surface area contributed by atoms with E-state index in [1.165, 1.54) is 50.6 Å². The smallest absolute Gasteiger partial charge is 0.305 e. The van der Waals surface area contributed by atoms with Crippen molar-refractivity contribution in [2.75, 3.05) is 7.11 Å². The highest BCUT2D eigenvalue weighted by molar-refractivity contribution is 6.70. The fourth-order valence-electron chi connectivity index (χ4n) is 8.97. The molecule has 0 spiro atoms. The van der Waals surface area contributed by atoms with Crippen molar-refractivity contribution < 1.29 is 18.6 Å². The molecule has 0 aromatic carbocycles. The molecule has 222 valence electrons. The minimum atomic E-state index is -1.79. The minimum Gasteiger partial charge on any atom is -0.469 e. The number of ether oxygens (including phenoxy) is 1. The molecule has 4 saturated carbocycles. The van der Waals surface area contributed by atoms with Crippen molar-refractivity contribution in [2.24, 2.45) is 56.6 Å². The molecule has 0 saturated heterocycles. The van der Waals surface area contributed by atoms with Gasteiger partial charge in [0, 0.05) is 12.3 Å². The molecule has 0 aromatic rings. The van der Waals surface area contributed by atoms with Gasteiger partial charge in [0.2, 0.25) is 0 Å². The third-order valence-corrected chi connectivity index (χ3v) is 12.3. The van der Waals surface area contributed by atoms with Gasteiger partial charge in [-0.05, 0) is 137 Å². The summed E-state index contributed by atoms with van der Waals surface area (Å²) in [5, 5.41) is 9.76. The van der Waals surface area contributed by atoms with Crippen LogP contribution in [-0.2, 0) is 18.6 Å². The number of oxime groups is 2. The Kier molecular flexibility index (Phi) is 8.89. The largest absolute Gasteiger partial charge is 0.469 e. The fourth-order valence-corrected chi connectivity index (χ4v) is 9.76. The second-order valence-electron chi connectivity index (χ2n) is 15.8. The molecule has 0 aliphatic heterocycles. The topological polar surface area (TPSA) is 69.5 Å². The third-order valence-electron chi connectivity index (χ3n) is 11.0. The van der Waals surface area contributed by atoms with Crippen LogP contribution in [-0.4, -0.2) is 41.1 Å². The van der Waals surface area contributed by atoms with E-state index in [2.05, 4.69) is 60.1 Å². The van der Waals surface area contributed by atoms with Crippen molar-refractivity contribution in [3.8, 4) is 0 Å². The lowest BCUT2D eigenvalue weighted by Gasteiger charge is -2.60. The molecule has 0 heterocycles. The van der Waals surface area contributed by atoms with Crippen LogP contribution in [0.2, 0.25) is 39.3 Å². The SMILES string of the molecule is COC(=O)CCC(C)C1CCC2C3C(=NO[Si](C)(C)C)C[C@@H]4CC(=NO[Si](C)(C)C)CCC4(C)C3CCC12C. The zero-order chi connectivity index (χ0) is 28.8. The number of carbonyl (C=O) groups is 1. The van der Waals surface area contributed by atoms with E-state index in [0.29, 0.717) is 52.8 Å². The monoisotopic (exact) mass is 576 g/mol. The summed E-state index contributed by atoms with van der Waals surface area (Å²) in [7, 11) is -1.97. The van der Waals surface area contributed by atoms with Crippen LogP contribution in [0.1, 0.15) is 85.0 Å². The summed E-state index contributed by atoms with van der Waals surface area (Å²) in [5.74, 6) is 3.47. The lowest BCUT2D eigenvalue weighted by Crippen LogP contribution is -2.57. The number of hydrogen-bond donors (Lipinski definition) is 0. The summed E-state index contributed by atoms with van der Waals surface area (Å²) in [6, 6.07) is 0. The van der Waals surface area contributed by atoms with Gasteiger partial charge in [-0.1, -0.05) is 20.8 Å². The Labute approximate surface area is 240 Å². The lowest BCUT2D eigenvalue weighted by atomic mass is 9.44. The Hall–Kier alpha value is -1.16. The van der Waals surface area contributed by atoms with Crippen LogP contribution < -0.4 is 0 Å². The van der Waals surface area contributed by atoms with E-state index >= 15 is 0 Å². The van der Waals surface area contributed by atoms with E-state index in [4.69, 9.17) is 24.1 Å². The van der Waals surface area contributed by atoms with Gasteiger partial charge in [-0.15, -0.1) is 10.3 Å². The average molecular weight is 577 g/mol. The van der Waals surface area contributed by atoms with E-state index in [-0.39, 0.29) is 5.97 Å². The Morgan fingerprint density at radius 2 is 1.56 bits per heavy atom. The number of esters is 1. The van der Waals surface area contributed by atoms with Crippen LogP contribution in [0.4, 0.5) is 0 Å². The molecular weight excluding hydrogens is 521 g/mol. The van der Waals surface area contributed by atoms with Crippen LogP contribution in [0.15, 0.2) is 10.3 Å². The zero-order valence-corrected chi connectivity index (χ0v) is 28.6. The Morgan fingerprint density at radius 1 is 0.923 bits per heavy atom. The maximum atomic E-state index is 11.9. The average Bonchev–Trinajstić information content (AvgIpc) is 3.20. The summed E-state index contributed by atoms with van der Waals surface area (Å²) >= 11 is 0. The van der Waals surface area contributed by atoms with Gasteiger partial charge in [0.15, 0.2) is 0 Å². The van der Waals surface area contributed by atoms with Crippen molar-refractivity contribution in [2.45, 2.75) is 124 Å². The van der Waals surface area contributed by atoms with Crippen LogP contribution in [0.3, 0.4) is 0 Å². The van der Waals surface area contributed by atoms with E-state index < -0.39 is 16.6 Å². The van der Waals surface area contributed by atoms with Gasteiger partial charge in [0.25, 0.3) is 16.6 Å². The first kappa shape index (κ1) is 30.8. The second kappa shape index (κ2) is 11.3. The van der Waals surface area contributed by atoms with Gasteiger partial charge in [0.1, 0.15) is 0 Å². The number of carbonyl (C=O) groups excluding carboxylic acids is 1. The highest BCUT2D eigenvalue weighted by Crippen LogP contribution is 2.67. The molecule has 0 radical (unpaired) electrons. The summed E-state index contributed by atoms with van der Waals surface area (Å²) in [6.45, 7) is 20.9.